The van der Waals surface area contributed by atoms with E-state index in [1.807, 2.05) is 26.0 Å². The molecule has 0 aliphatic rings. The number of benzene rings is 1. The van der Waals surface area contributed by atoms with E-state index in [-0.39, 0.29) is 6.61 Å². The summed E-state index contributed by atoms with van der Waals surface area (Å²) in [5, 5.41) is 14.3. The van der Waals surface area contributed by atoms with Crippen molar-refractivity contribution < 1.29 is 19.1 Å². The van der Waals surface area contributed by atoms with Crippen molar-refractivity contribution in [2.75, 3.05) is 11.9 Å². The molecule has 1 atom stereocenters. The molecule has 0 radical (unpaired) electrons. The Balaban J connectivity index is 2.01. The minimum absolute atomic E-state index is 0.364. The lowest BCUT2D eigenvalue weighted by Gasteiger charge is -2.14. The number of aliphatic hydroxyl groups is 1. The molecule has 0 aliphatic heterocycles. The van der Waals surface area contributed by atoms with Gasteiger partial charge in [-0.25, -0.2) is 0 Å². The van der Waals surface area contributed by atoms with Crippen molar-refractivity contribution in [1.82, 2.24) is 5.32 Å². The van der Waals surface area contributed by atoms with Gasteiger partial charge >= 0.3 is 11.8 Å². The van der Waals surface area contributed by atoms with Crippen LogP contribution in [-0.2, 0) is 16.0 Å². The molecule has 122 valence electrons. The van der Waals surface area contributed by atoms with Crippen LogP contribution in [0.3, 0.4) is 0 Å². The second kappa shape index (κ2) is 7.60. The van der Waals surface area contributed by atoms with Crippen molar-refractivity contribution in [1.29, 1.82) is 0 Å². The molecule has 0 bridgehead atoms. The predicted octanol–water partition coefficient (Wildman–Crippen LogP) is 1.94. The molecule has 2 amide bonds. The lowest BCUT2D eigenvalue weighted by Crippen LogP contribution is -2.38. The van der Waals surface area contributed by atoms with E-state index in [0.29, 0.717) is 11.4 Å². The molecule has 1 unspecified atom stereocenters. The highest BCUT2D eigenvalue weighted by Crippen LogP contribution is 2.16. The van der Waals surface area contributed by atoms with Crippen LogP contribution in [0.25, 0.3) is 0 Å². The Labute approximate surface area is 134 Å². The van der Waals surface area contributed by atoms with E-state index in [1.165, 1.54) is 6.26 Å². The SMILES string of the molecule is CCc1cc(NC(=O)C(=O)NC(CO)c2ccco2)ccc1C. The van der Waals surface area contributed by atoms with Gasteiger partial charge in [-0.15, -0.1) is 0 Å². The summed E-state index contributed by atoms with van der Waals surface area (Å²) in [6.07, 6.45) is 2.27. The van der Waals surface area contributed by atoms with E-state index in [4.69, 9.17) is 4.42 Å². The molecule has 1 aromatic heterocycles. The molecule has 6 heteroatoms. The second-order valence-corrected chi connectivity index (χ2v) is 5.17. The van der Waals surface area contributed by atoms with Gasteiger partial charge in [0.1, 0.15) is 11.8 Å². The molecule has 0 spiro atoms. The largest absolute Gasteiger partial charge is 0.467 e. The summed E-state index contributed by atoms with van der Waals surface area (Å²) in [6.45, 7) is 3.65. The Morgan fingerprint density at radius 1 is 1.26 bits per heavy atom. The fourth-order valence-corrected chi connectivity index (χ4v) is 2.24. The average Bonchev–Trinajstić information content (AvgIpc) is 3.08. The van der Waals surface area contributed by atoms with E-state index in [9.17, 15) is 14.7 Å². The van der Waals surface area contributed by atoms with Crippen LogP contribution in [0.2, 0.25) is 0 Å². The van der Waals surface area contributed by atoms with Gasteiger partial charge in [-0.05, 0) is 48.7 Å². The van der Waals surface area contributed by atoms with E-state index >= 15 is 0 Å². The monoisotopic (exact) mass is 316 g/mol. The first-order chi connectivity index (χ1) is 11.0. The van der Waals surface area contributed by atoms with Crippen LogP contribution in [0, 0.1) is 6.92 Å². The van der Waals surface area contributed by atoms with Crippen molar-refractivity contribution in [3.63, 3.8) is 0 Å². The van der Waals surface area contributed by atoms with Crippen LogP contribution in [0.1, 0.15) is 29.9 Å². The van der Waals surface area contributed by atoms with Crippen LogP contribution >= 0.6 is 0 Å². The first kappa shape index (κ1) is 16.8. The number of hydrogen-bond acceptors (Lipinski definition) is 4. The van der Waals surface area contributed by atoms with E-state index in [0.717, 1.165) is 17.5 Å². The first-order valence-corrected chi connectivity index (χ1v) is 7.40. The molecule has 23 heavy (non-hydrogen) atoms. The van der Waals surface area contributed by atoms with Crippen molar-refractivity contribution in [2.24, 2.45) is 0 Å². The minimum Gasteiger partial charge on any atom is -0.467 e. The number of anilines is 1. The number of aryl methyl sites for hydroxylation is 2. The smallest absolute Gasteiger partial charge is 0.313 e. The number of rotatable bonds is 5. The fourth-order valence-electron chi connectivity index (χ4n) is 2.24. The zero-order valence-electron chi connectivity index (χ0n) is 13.1. The summed E-state index contributed by atoms with van der Waals surface area (Å²) in [4.78, 5) is 23.9. The van der Waals surface area contributed by atoms with Crippen molar-refractivity contribution >= 4 is 17.5 Å². The first-order valence-electron chi connectivity index (χ1n) is 7.40. The van der Waals surface area contributed by atoms with E-state index in [1.54, 1.807) is 18.2 Å². The van der Waals surface area contributed by atoms with Gasteiger partial charge in [0.25, 0.3) is 0 Å². The van der Waals surface area contributed by atoms with Crippen LogP contribution in [0.5, 0.6) is 0 Å². The summed E-state index contributed by atoms with van der Waals surface area (Å²) in [5.41, 5.74) is 2.80. The maximum Gasteiger partial charge on any atom is 0.313 e. The molecule has 2 rings (SSSR count). The van der Waals surface area contributed by atoms with Crippen LogP contribution in [0.4, 0.5) is 5.69 Å². The molecular weight excluding hydrogens is 296 g/mol. The van der Waals surface area contributed by atoms with Crippen molar-refractivity contribution in [2.45, 2.75) is 26.3 Å². The Morgan fingerprint density at radius 3 is 2.65 bits per heavy atom. The van der Waals surface area contributed by atoms with Crippen LogP contribution in [-0.4, -0.2) is 23.5 Å². The maximum atomic E-state index is 12.0. The summed E-state index contributed by atoms with van der Waals surface area (Å²) in [6, 6.07) is 7.99. The highest BCUT2D eigenvalue weighted by atomic mass is 16.3. The third-order valence-corrected chi connectivity index (χ3v) is 3.57. The van der Waals surface area contributed by atoms with Gasteiger partial charge in [0.05, 0.1) is 12.9 Å². The molecule has 0 saturated heterocycles. The molecule has 3 N–H and O–H groups in total. The predicted molar refractivity (Wildman–Crippen MR) is 85.9 cm³/mol. The topological polar surface area (TPSA) is 91.6 Å². The average molecular weight is 316 g/mol. The molecule has 6 nitrogen and oxygen atoms in total. The number of nitrogens with one attached hydrogen (secondary N) is 2. The van der Waals surface area contributed by atoms with E-state index in [2.05, 4.69) is 10.6 Å². The summed E-state index contributed by atoms with van der Waals surface area (Å²) in [7, 11) is 0. The summed E-state index contributed by atoms with van der Waals surface area (Å²) < 4.78 is 5.12. The maximum absolute atomic E-state index is 12.0. The van der Waals surface area contributed by atoms with Gasteiger partial charge in [-0.3, -0.25) is 9.59 Å². The number of carbonyl (C=O) groups excluding carboxylic acids is 2. The normalized spacial score (nSPS) is 11.8. The van der Waals surface area contributed by atoms with Gasteiger partial charge in [0.15, 0.2) is 0 Å². The van der Waals surface area contributed by atoms with Crippen LogP contribution < -0.4 is 10.6 Å². The van der Waals surface area contributed by atoms with Gasteiger partial charge in [-0.2, -0.15) is 0 Å². The Morgan fingerprint density at radius 2 is 2.04 bits per heavy atom. The number of aliphatic hydroxyl groups excluding tert-OH is 1. The molecule has 2 aromatic rings. The van der Waals surface area contributed by atoms with Gasteiger partial charge in [0.2, 0.25) is 0 Å². The quantitative estimate of drug-likeness (QED) is 0.735. The summed E-state index contributed by atoms with van der Waals surface area (Å²) in [5.74, 6) is -1.24. The zero-order valence-corrected chi connectivity index (χ0v) is 13.1. The fraction of sp³-hybridized carbons (Fsp3) is 0.294. The summed E-state index contributed by atoms with van der Waals surface area (Å²) >= 11 is 0. The third-order valence-electron chi connectivity index (χ3n) is 3.57. The van der Waals surface area contributed by atoms with Gasteiger partial charge in [-0.1, -0.05) is 13.0 Å². The molecule has 0 fully saturated rings. The standard InChI is InChI=1S/C17H20N2O4/c1-3-12-9-13(7-6-11(12)2)18-16(21)17(22)19-14(10-20)15-5-4-8-23-15/h4-9,14,20H,3,10H2,1-2H3,(H,18,21)(H,19,22). The Kier molecular flexibility index (Phi) is 5.54. The number of hydrogen-bond donors (Lipinski definition) is 3. The zero-order chi connectivity index (χ0) is 16.8. The number of furan rings is 1. The lowest BCUT2D eigenvalue weighted by atomic mass is 10.1. The lowest BCUT2D eigenvalue weighted by molar-refractivity contribution is -0.136. The van der Waals surface area contributed by atoms with E-state index < -0.39 is 17.9 Å². The molecule has 1 heterocycles. The Bertz CT molecular complexity index is 680. The molecule has 0 saturated carbocycles. The van der Waals surface area contributed by atoms with Crippen LogP contribution in [0.15, 0.2) is 41.0 Å². The second-order valence-electron chi connectivity index (χ2n) is 5.17. The molecule has 0 aliphatic carbocycles. The number of amides is 2. The molecular formula is C17H20N2O4. The van der Waals surface area contributed by atoms with Gasteiger partial charge < -0.3 is 20.2 Å². The number of carbonyl (C=O) groups is 2. The molecule has 1 aromatic carbocycles. The van der Waals surface area contributed by atoms with Gasteiger partial charge in [0, 0.05) is 5.69 Å². The van der Waals surface area contributed by atoms with Crippen molar-refractivity contribution in [3.05, 3.63) is 53.5 Å². The highest BCUT2D eigenvalue weighted by Gasteiger charge is 2.21. The Hall–Kier alpha value is -2.60. The van der Waals surface area contributed by atoms with Crippen molar-refractivity contribution in [3.8, 4) is 0 Å². The minimum atomic E-state index is -0.834. The third kappa shape index (κ3) is 4.20. The highest BCUT2D eigenvalue weighted by molar-refractivity contribution is 6.39.